The Morgan fingerprint density at radius 2 is 1.95 bits per heavy atom. The van der Waals surface area contributed by atoms with E-state index in [1.807, 2.05) is 0 Å². The molecule has 1 atom stereocenters. The maximum atomic E-state index is 11.8. The van der Waals surface area contributed by atoms with E-state index in [1.165, 1.54) is 0 Å². The van der Waals surface area contributed by atoms with E-state index in [2.05, 4.69) is 10.0 Å². The third-order valence-electron chi connectivity index (χ3n) is 3.03. The molecule has 1 aliphatic rings. The van der Waals surface area contributed by atoms with E-state index < -0.39 is 10.0 Å². The molecule has 0 saturated carbocycles. The molecule has 0 spiro atoms. The van der Waals surface area contributed by atoms with E-state index >= 15 is 0 Å². The van der Waals surface area contributed by atoms with Crippen molar-refractivity contribution < 1.29 is 17.9 Å². The summed E-state index contributed by atoms with van der Waals surface area (Å²) in [5, 5.41) is 2.75. The Labute approximate surface area is 118 Å². The van der Waals surface area contributed by atoms with E-state index in [0.717, 1.165) is 12.8 Å². The molecular formula is C13H18N2O4S. The topological polar surface area (TPSA) is 84.5 Å². The van der Waals surface area contributed by atoms with Crippen molar-refractivity contribution in [3.8, 4) is 0 Å². The summed E-state index contributed by atoms with van der Waals surface area (Å²) in [5.74, 6) is -0.144. The first-order chi connectivity index (χ1) is 9.50. The van der Waals surface area contributed by atoms with Crippen molar-refractivity contribution in [3.63, 3.8) is 0 Å². The Morgan fingerprint density at radius 3 is 2.50 bits per heavy atom. The van der Waals surface area contributed by atoms with Crippen molar-refractivity contribution in [1.29, 1.82) is 0 Å². The maximum Gasteiger partial charge on any atom is 0.253 e. The van der Waals surface area contributed by atoms with E-state index in [0.29, 0.717) is 18.0 Å². The van der Waals surface area contributed by atoms with E-state index in [4.69, 9.17) is 4.74 Å². The molecule has 1 aliphatic heterocycles. The minimum absolute atomic E-state index is 0.0184. The van der Waals surface area contributed by atoms with Gasteiger partial charge >= 0.3 is 0 Å². The Balaban J connectivity index is 1.96. The lowest BCUT2D eigenvalue weighted by atomic mass is 10.2. The highest BCUT2D eigenvalue weighted by Crippen LogP contribution is 2.17. The van der Waals surface area contributed by atoms with Crippen molar-refractivity contribution in [3.05, 3.63) is 24.3 Å². The molecule has 20 heavy (non-hydrogen) atoms. The van der Waals surface area contributed by atoms with Crippen molar-refractivity contribution in [2.75, 3.05) is 22.4 Å². The molecule has 2 N–H and O–H groups in total. The van der Waals surface area contributed by atoms with Gasteiger partial charge in [0.1, 0.15) is 6.10 Å². The van der Waals surface area contributed by atoms with Crippen LogP contribution in [-0.2, 0) is 19.6 Å². The van der Waals surface area contributed by atoms with Crippen LogP contribution in [0.4, 0.5) is 11.4 Å². The first kappa shape index (κ1) is 14.8. The second-order valence-electron chi connectivity index (χ2n) is 4.57. The van der Waals surface area contributed by atoms with Crippen LogP contribution < -0.4 is 10.0 Å². The number of sulfonamides is 1. The molecule has 7 heteroatoms. The summed E-state index contributed by atoms with van der Waals surface area (Å²) in [6.45, 7) is 2.19. The average molecular weight is 298 g/mol. The quantitative estimate of drug-likeness (QED) is 0.864. The van der Waals surface area contributed by atoms with Crippen LogP contribution in [0.1, 0.15) is 19.8 Å². The lowest BCUT2D eigenvalue weighted by Gasteiger charge is -2.11. The number of nitrogens with one attached hydrogen (secondary N) is 2. The van der Waals surface area contributed by atoms with Gasteiger partial charge in [0.15, 0.2) is 0 Å². The third-order valence-corrected chi connectivity index (χ3v) is 4.33. The zero-order valence-electron chi connectivity index (χ0n) is 11.3. The van der Waals surface area contributed by atoms with Crippen LogP contribution in [0.3, 0.4) is 0 Å². The lowest BCUT2D eigenvalue weighted by Crippen LogP contribution is -2.26. The molecule has 2 rings (SSSR count). The number of benzene rings is 1. The highest BCUT2D eigenvalue weighted by atomic mass is 32.2. The van der Waals surface area contributed by atoms with Gasteiger partial charge in [-0.1, -0.05) is 0 Å². The molecule has 0 bridgehead atoms. The average Bonchev–Trinajstić information content (AvgIpc) is 2.95. The molecule has 1 fully saturated rings. The smallest absolute Gasteiger partial charge is 0.253 e. The van der Waals surface area contributed by atoms with Gasteiger partial charge in [-0.3, -0.25) is 9.52 Å². The number of rotatable bonds is 5. The molecule has 1 saturated heterocycles. The minimum atomic E-state index is -3.28. The van der Waals surface area contributed by atoms with Gasteiger partial charge < -0.3 is 10.1 Å². The lowest BCUT2D eigenvalue weighted by molar-refractivity contribution is -0.124. The second-order valence-corrected chi connectivity index (χ2v) is 6.58. The predicted octanol–water partition coefficient (Wildman–Crippen LogP) is 1.57. The summed E-state index contributed by atoms with van der Waals surface area (Å²) >= 11 is 0. The fraction of sp³-hybridized carbons (Fsp3) is 0.462. The molecular weight excluding hydrogens is 280 g/mol. The number of hydrogen-bond donors (Lipinski definition) is 2. The van der Waals surface area contributed by atoms with Gasteiger partial charge in [0.25, 0.3) is 5.91 Å². The van der Waals surface area contributed by atoms with Gasteiger partial charge in [0.05, 0.1) is 5.75 Å². The second kappa shape index (κ2) is 6.23. The highest BCUT2D eigenvalue weighted by molar-refractivity contribution is 7.92. The molecule has 110 valence electrons. The number of carbonyl (C=O) groups is 1. The van der Waals surface area contributed by atoms with Crippen LogP contribution in [0.5, 0.6) is 0 Å². The van der Waals surface area contributed by atoms with E-state index in [1.54, 1.807) is 31.2 Å². The van der Waals surface area contributed by atoms with Crippen LogP contribution in [0.25, 0.3) is 0 Å². The largest absolute Gasteiger partial charge is 0.368 e. The van der Waals surface area contributed by atoms with Crippen molar-refractivity contribution >= 4 is 27.3 Å². The van der Waals surface area contributed by atoms with Crippen LogP contribution in [0.15, 0.2) is 24.3 Å². The Morgan fingerprint density at radius 1 is 1.30 bits per heavy atom. The molecule has 1 heterocycles. The molecule has 1 aromatic rings. The molecule has 6 nitrogen and oxygen atoms in total. The Bertz CT molecular complexity index is 563. The number of anilines is 2. The highest BCUT2D eigenvalue weighted by Gasteiger charge is 2.23. The fourth-order valence-corrected chi connectivity index (χ4v) is 2.52. The van der Waals surface area contributed by atoms with Gasteiger partial charge in [0.2, 0.25) is 10.0 Å². The van der Waals surface area contributed by atoms with E-state index in [-0.39, 0.29) is 17.8 Å². The van der Waals surface area contributed by atoms with Crippen LogP contribution in [0.2, 0.25) is 0 Å². The van der Waals surface area contributed by atoms with Gasteiger partial charge in [-0.05, 0) is 44.0 Å². The first-order valence-electron chi connectivity index (χ1n) is 6.53. The zero-order valence-corrected chi connectivity index (χ0v) is 12.1. The molecule has 0 aliphatic carbocycles. The standard InChI is InChI=1S/C13H18N2O4S/c1-2-20(17,18)15-11-7-5-10(6-8-11)14-13(16)12-4-3-9-19-12/h5-8,12,15H,2-4,9H2,1H3,(H,14,16). The van der Waals surface area contributed by atoms with Crippen LogP contribution >= 0.6 is 0 Å². The van der Waals surface area contributed by atoms with Gasteiger partial charge in [-0.2, -0.15) is 0 Å². The van der Waals surface area contributed by atoms with Crippen LogP contribution in [-0.4, -0.2) is 32.8 Å². The number of ether oxygens (including phenoxy) is 1. The molecule has 0 radical (unpaired) electrons. The normalized spacial score (nSPS) is 18.8. The summed E-state index contributed by atoms with van der Waals surface area (Å²) in [6, 6.07) is 6.53. The zero-order chi connectivity index (χ0) is 14.6. The maximum absolute atomic E-state index is 11.8. The molecule has 1 amide bonds. The minimum Gasteiger partial charge on any atom is -0.368 e. The summed E-state index contributed by atoms with van der Waals surface area (Å²) in [4.78, 5) is 11.8. The number of hydrogen-bond acceptors (Lipinski definition) is 4. The monoisotopic (exact) mass is 298 g/mol. The Kier molecular flexibility index (Phi) is 4.61. The molecule has 1 unspecified atom stereocenters. The predicted molar refractivity (Wildman–Crippen MR) is 77.1 cm³/mol. The first-order valence-corrected chi connectivity index (χ1v) is 8.18. The van der Waals surface area contributed by atoms with Crippen molar-refractivity contribution in [2.45, 2.75) is 25.9 Å². The summed E-state index contributed by atoms with van der Waals surface area (Å²) < 4.78 is 30.5. The molecule has 0 aromatic heterocycles. The van der Waals surface area contributed by atoms with E-state index in [9.17, 15) is 13.2 Å². The van der Waals surface area contributed by atoms with Crippen molar-refractivity contribution in [1.82, 2.24) is 0 Å². The Hall–Kier alpha value is -1.60. The SMILES string of the molecule is CCS(=O)(=O)Nc1ccc(NC(=O)C2CCCO2)cc1. The van der Waals surface area contributed by atoms with Gasteiger partial charge in [-0.25, -0.2) is 8.42 Å². The van der Waals surface area contributed by atoms with Crippen LogP contribution in [0, 0.1) is 0 Å². The summed E-state index contributed by atoms with van der Waals surface area (Å²) in [5.41, 5.74) is 1.09. The van der Waals surface area contributed by atoms with Crippen molar-refractivity contribution in [2.24, 2.45) is 0 Å². The van der Waals surface area contributed by atoms with Gasteiger partial charge in [0, 0.05) is 18.0 Å². The summed E-state index contributed by atoms with van der Waals surface area (Å²) in [7, 11) is -3.28. The number of amides is 1. The molecule has 1 aromatic carbocycles. The summed E-state index contributed by atoms with van der Waals surface area (Å²) in [6.07, 6.45) is 1.25. The third kappa shape index (κ3) is 3.94. The van der Waals surface area contributed by atoms with Gasteiger partial charge in [-0.15, -0.1) is 0 Å². The number of carbonyl (C=O) groups excluding carboxylic acids is 1. The fourth-order valence-electron chi connectivity index (χ4n) is 1.88.